The first-order chi connectivity index (χ1) is 7.58. The molecule has 0 fully saturated rings. The number of rotatable bonds is 4. The predicted octanol–water partition coefficient (Wildman–Crippen LogP) is 1.66. The van der Waals surface area contributed by atoms with E-state index in [1.807, 2.05) is 6.92 Å². The Hall–Kier alpha value is -1.82. The van der Waals surface area contributed by atoms with Gasteiger partial charge in [-0.1, -0.05) is 31.9 Å². The maximum atomic E-state index is 12.0. The van der Waals surface area contributed by atoms with Crippen molar-refractivity contribution >= 4 is 11.8 Å². The van der Waals surface area contributed by atoms with E-state index in [0.717, 1.165) is 11.3 Å². The van der Waals surface area contributed by atoms with Crippen molar-refractivity contribution in [2.45, 2.75) is 32.7 Å². The fraction of sp³-hybridized carbons (Fsp3) is 0.385. The van der Waals surface area contributed by atoms with Gasteiger partial charge in [-0.2, -0.15) is 0 Å². The molecule has 1 aliphatic heterocycles. The first-order valence-corrected chi connectivity index (χ1v) is 5.28. The van der Waals surface area contributed by atoms with E-state index in [-0.39, 0.29) is 11.8 Å². The van der Waals surface area contributed by atoms with E-state index < -0.39 is 6.04 Å². The molecular weight excluding hydrogens is 202 g/mol. The van der Waals surface area contributed by atoms with Gasteiger partial charge in [0.2, 0.25) is 0 Å². The van der Waals surface area contributed by atoms with E-state index in [1.165, 1.54) is 6.08 Å². The summed E-state index contributed by atoms with van der Waals surface area (Å²) in [5.74, 6) is 1.80. The van der Waals surface area contributed by atoms with E-state index in [0.29, 0.717) is 17.6 Å². The summed E-state index contributed by atoms with van der Waals surface area (Å²) in [5, 5.41) is 0. The van der Waals surface area contributed by atoms with E-state index in [9.17, 15) is 9.59 Å². The van der Waals surface area contributed by atoms with Crippen LogP contribution in [0, 0.1) is 12.3 Å². The van der Waals surface area contributed by atoms with Crippen molar-refractivity contribution in [2.75, 3.05) is 0 Å². The number of amides is 2. The van der Waals surface area contributed by atoms with Gasteiger partial charge >= 0.3 is 0 Å². The zero-order valence-corrected chi connectivity index (χ0v) is 9.62. The second kappa shape index (κ2) is 4.80. The topological polar surface area (TPSA) is 37.4 Å². The third-order valence-corrected chi connectivity index (χ3v) is 2.58. The zero-order valence-electron chi connectivity index (χ0n) is 9.62. The molecule has 0 saturated carbocycles. The van der Waals surface area contributed by atoms with Crippen LogP contribution in [0.1, 0.15) is 26.7 Å². The fourth-order valence-corrected chi connectivity index (χ4v) is 1.74. The van der Waals surface area contributed by atoms with Crippen LogP contribution in [-0.4, -0.2) is 22.8 Å². The SMILES string of the molecule is C#CC(C)N1C(=O)C(C=C)=C(CCC)C1=O. The zero-order chi connectivity index (χ0) is 12.3. The largest absolute Gasteiger partial charge is 0.269 e. The standard InChI is InChI=1S/C13H15NO2/c1-5-8-11-10(7-3)12(15)14(13(11)16)9(4)6-2/h2,7,9H,3,5,8H2,1,4H3. The van der Waals surface area contributed by atoms with Crippen LogP contribution < -0.4 is 0 Å². The summed E-state index contributed by atoms with van der Waals surface area (Å²) in [6.07, 6.45) is 8.07. The molecule has 1 unspecified atom stereocenters. The molecule has 0 aromatic heterocycles. The normalized spacial score (nSPS) is 17.7. The summed E-state index contributed by atoms with van der Waals surface area (Å²) >= 11 is 0. The molecule has 0 aromatic carbocycles. The number of hydrogen-bond acceptors (Lipinski definition) is 2. The molecule has 0 aliphatic carbocycles. The first-order valence-electron chi connectivity index (χ1n) is 5.28. The molecule has 0 radical (unpaired) electrons. The molecule has 0 spiro atoms. The molecule has 1 rings (SSSR count). The van der Waals surface area contributed by atoms with Crippen molar-refractivity contribution in [3.63, 3.8) is 0 Å². The van der Waals surface area contributed by atoms with E-state index in [2.05, 4.69) is 12.5 Å². The number of nitrogens with zero attached hydrogens (tertiary/aromatic N) is 1. The Morgan fingerprint density at radius 1 is 1.50 bits per heavy atom. The highest BCUT2D eigenvalue weighted by atomic mass is 16.2. The Morgan fingerprint density at radius 3 is 2.56 bits per heavy atom. The number of terminal acetylenes is 1. The summed E-state index contributed by atoms with van der Waals surface area (Å²) < 4.78 is 0. The van der Waals surface area contributed by atoms with Crippen molar-refractivity contribution in [3.8, 4) is 12.3 Å². The van der Waals surface area contributed by atoms with Crippen molar-refractivity contribution in [1.29, 1.82) is 0 Å². The fourth-order valence-electron chi connectivity index (χ4n) is 1.74. The van der Waals surface area contributed by atoms with E-state index >= 15 is 0 Å². The average molecular weight is 217 g/mol. The van der Waals surface area contributed by atoms with Gasteiger partial charge in [0.1, 0.15) is 0 Å². The van der Waals surface area contributed by atoms with Crippen molar-refractivity contribution in [2.24, 2.45) is 0 Å². The number of hydrogen-bond donors (Lipinski definition) is 0. The molecule has 1 atom stereocenters. The van der Waals surface area contributed by atoms with Crippen LogP contribution in [0.3, 0.4) is 0 Å². The van der Waals surface area contributed by atoms with Gasteiger partial charge in [0.25, 0.3) is 11.8 Å². The minimum Gasteiger partial charge on any atom is -0.269 e. The average Bonchev–Trinajstić information content (AvgIpc) is 2.50. The molecule has 0 aromatic rings. The second-order valence-corrected chi connectivity index (χ2v) is 3.67. The molecule has 84 valence electrons. The monoisotopic (exact) mass is 217 g/mol. The van der Waals surface area contributed by atoms with E-state index in [1.54, 1.807) is 6.92 Å². The van der Waals surface area contributed by atoms with Crippen LogP contribution in [0.4, 0.5) is 0 Å². The summed E-state index contributed by atoms with van der Waals surface area (Å²) in [7, 11) is 0. The Morgan fingerprint density at radius 2 is 2.12 bits per heavy atom. The molecular formula is C13H15NO2. The maximum Gasteiger partial charge on any atom is 0.262 e. The highest BCUT2D eigenvalue weighted by molar-refractivity contribution is 6.21. The third kappa shape index (κ3) is 1.79. The number of imide groups is 1. The lowest BCUT2D eigenvalue weighted by Gasteiger charge is -2.18. The van der Waals surface area contributed by atoms with Gasteiger partial charge in [-0.05, 0) is 13.3 Å². The highest BCUT2D eigenvalue weighted by Gasteiger charge is 2.38. The van der Waals surface area contributed by atoms with Crippen LogP contribution in [0.25, 0.3) is 0 Å². The molecule has 3 heteroatoms. The Balaban J connectivity index is 3.13. The van der Waals surface area contributed by atoms with Gasteiger partial charge in [0.15, 0.2) is 0 Å². The maximum absolute atomic E-state index is 12.0. The van der Waals surface area contributed by atoms with Crippen LogP contribution >= 0.6 is 0 Å². The molecule has 1 heterocycles. The van der Waals surface area contributed by atoms with Gasteiger partial charge in [0.05, 0.1) is 6.04 Å². The van der Waals surface area contributed by atoms with Crippen LogP contribution in [-0.2, 0) is 9.59 Å². The smallest absolute Gasteiger partial charge is 0.262 e. The number of carbonyl (C=O) groups is 2. The third-order valence-electron chi connectivity index (χ3n) is 2.58. The van der Waals surface area contributed by atoms with Gasteiger partial charge in [-0.15, -0.1) is 6.42 Å². The number of carbonyl (C=O) groups excluding carboxylic acids is 2. The minimum atomic E-state index is -0.510. The van der Waals surface area contributed by atoms with Crippen molar-refractivity contribution in [3.05, 3.63) is 23.8 Å². The van der Waals surface area contributed by atoms with Gasteiger partial charge in [-0.25, -0.2) is 0 Å². The first kappa shape index (κ1) is 12.3. The summed E-state index contributed by atoms with van der Waals surface area (Å²) in [6.45, 7) is 7.19. The van der Waals surface area contributed by atoms with Crippen LogP contribution in [0.2, 0.25) is 0 Å². The molecule has 0 bridgehead atoms. The minimum absolute atomic E-state index is 0.271. The van der Waals surface area contributed by atoms with Gasteiger partial charge in [0, 0.05) is 11.1 Å². The molecule has 3 nitrogen and oxygen atoms in total. The van der Waals surface area contributed by atoms with Crippen molar-refractivity contribution in [1.82, 2.24) is 4.90 Å². The predicted molar refractivity (Wildman–Crippen MR) is 62.3 cm³/mol. The lowest BCUT2D eigenvalue weighted by atomic mass is 10.1. The lowest BCUT2D eigenvalue weighted by Crippen LogP contribution is -2.38. The van der Waals surface area contributed by atoms with E-state index in [4.69, 9.17) is 6.42 Å². The summed E-state index contributed by atoms with van der Waals surface area (Å²) in [4.78, 5) is 25.0. The molecule has 1 aliphatic rings. The quantitative estimate of drug-likeness (QED) is 0.530. The lowest BCUT2D eigenvalue weighted by molar-refractivity contribution is -0.138. The van der Waals surface area contributed by atoms with Crippen molar-refractivity contribution < 1.29 is 9.59 Å². The van der Waals surface area contributed by atoms with Gasteiger partial charge in [-0.3, -0.25) is 14.5 Å². The Labute approximate surface area is 95.8 Å². The molecule has 16 heavy (non-hydrogen) atoms. The van der Waals surface area contributed by atoms with Gasteiger partial charge < -0.3 is 0 Å². The Kier molecular flexibility index (Phi) is 3.68. The van der Waals surface area contributed by atoms with Crippen LogP contribution in [0.5, 0.6) is 0 Å². The molecule has 0 saturated heterocycles. The molecule has 0 N–H and O–H groups in total. The second-order valence-electron chi connectivity index (χ2n) is 3.67. The Bertz CT molecular complexity index is 412. The highest BCUT2D eigenvalue weighted by Crippen LogP contribution is 2.26. The van der Waals surface area contributed by atoms with Crippen LogP contribution in [0.15, 0.2) is 23.8 Å². The summed E-state index contributed by atoms with van der Waals surface area (Å²) in [5.41, 5.74) is 0.929. The molecule has 2 amide bonds. The summed E-state index contributed by atoms with van der Waals surface area (Å²) in [6, 6.07) is -0.510.